The summed E-state index contributed by atoms with van der Waals surface area (Å²) in [7, 11) is 1.88. The van der Waals surface area contributed by atoms with Gasteiger partial charge in [0.25, 0.3) is 0 Å². The Hall–Kier alpha value is -4.20. The van der Waals surface area contributed by atoms with Gasteiger partial charge in [-0.3, -0.25) is 14.5 Å². The van der Waals surface area contributed by atoms with Crippen LogP contribution in [0.3, 0.4) is 0 Å². The standard InChI is InChI=1S/C24H19FN6O/c1-28-15-16-13-17(9-10-20(16)27-28)29-11-12-30(24(29)32)21-7-4-8-22-18(21)14-26-31(22)23-6-3-2-5-19(23)25/h2-10,13-15H,11-12H2,1H3. The SMILES string of the molecule is Cn1cc2cc(N3CCN(c4cccc5c4cnn5-c4ccccc4F)C3=O)ccc2n1. The third kappa shape index (κ3) is 2.76. The molecule has 32 heavy (non-hydrogen) atoms. The second-order valence-corrected chi connectivity index (χ2v) is 7.85. The van der Waals surface area contributed by atoms with Crippen LogP contribution < -0.4 is 9.80 Å². The van der Waals surface area contributed by atoms with Gasteiger partial charge in [-0.2, -0.15) is 10.2 Å². The van der Waals surface area contributed by atoms with Gasteiger partial charge in [0.1, 0.15) is 11.5 Å². The highest BCUT2D eigenvalue weighted by molar-refractivity contribution is 6.11. The zero-order valence-electron chi connectivity index (χ0n) is 17.3. The summed E-state index contributed by atoms with van der Waals surface area (Å²) >= 11 is 0. The lowest BCUT2D eigenvalue weighted by Crippen LogP contribution is -2.31. The number of nitrogens with zero attached hydrogens (tertiary/aromatic N) is 6. The van der Waals surface area contributed by atoms with Crippen molar-refractivity contribution in [3.8, 4) is 5.69 Å². The van der Waals surface area contributed by atoms with Crippen molar-refractivity contribution < 1.29 is 9.18 Å². The Morgan fingerprint density at radius 3 is 2.62 bits per heavy atom. The van der Waals surface area contributed by atoms with Crippen LogP contribution in [0.5, 0.6) is 0 Å². The van der Waals surface area contributed by atoms with Gasteiger partial charge in [-0.05, 0) is 42.5 Å². The van der Waals surface area contributed by atoms with Gasteiger partial charge in [-0.15, -0.1) is 0 Å². The first kappa shape index (κ1) is 18.6. The summed E-state index contributed by atoms with van der Waals surface area (Å²) in [5.41, 5.74) is 3.62. The fourth-order valence-corrected chi connectivity index (χ4v) is 4.39. The van der Waals surface area contributed by atoms with E-state index in [4.69, 9.17) is 0 Å². The minimum Gasteiger partial charge on any atom is -0.292 e. The van der Waals surface area contributed by atoms with Gasteiger partial charge in [0.05, 0.1) is 22.9 Å². The first-order valence-corrected chi connectivity index (χ1v) is 10.3. The summed E-state index contributed by atoms with van der Waals surface area (Å²) in [6.45, 7) is 1.12. The fourth-order valence-electron chi connectivity index (χ4n) is 4.39. The van der Waals surface area contributed by atoms with E-state index in [2.05, 4.69) is 10.2 Å². The molecule has 0 saturated carbocycles. The van der Waals surface area contributed by atoms with E-state index in [1.165, 1.54) is 6.07 Å². The second-order valence-electron chi connectivity index (χ2n) is 7.85. The predicted molar refractivity (Wildman–Crippen MR) is 122 cm³/mol. The van der Waals surface area contributed by atoms with Gasteiger partial charge in [-0.25, -0.2) is 13.9 Å². The average molecular weight is 426 g/mol. The van der Waals surface area contributed by atoms with Gasteiger partial charge in [-0.1, -0.05) is 18.2 Å². The molecule has 6 rings (SSSR count). The van der Waals surface area contributed by atoms with Gasteiger partial charge < -0.3 is 0 Å². The zero-order valence-corrected chi connectivity index (χ0v) is 17.3. The highest BCUT2D eigenvalue weighted by Crippen LogP contribution is 2.33. The third-order valence-electron chi connectivity index (χ3n) is 5.89. The van der Waals surface area contributed by atoms with Gasteiger partial charge in [0.2, 0.25) is 0 Å². The van der Waals surface area contributed by atoms with Crippen LogP contribution in [-0.2, 0) is 7.05 Å². The summed E-state index contributed by atoms with van der Waals surface area (Å²) in [5.74, 6) is -0.350. The minimum absolute atomic E-state index is 0.0978. The number of rotatable bonds is 3. The monoisotopic (exact) mass is 426 g/mol. The Morgan fingerprint density at radius 2 is 1.75 bits per heavy atom. The van der Waals surface area contributed by atoms with Crippen molar-refractivity contribution in [2.45, 2.75) is 0 Å². The molecule has 3 heterocycles. The number of halogens is 1. The van der Waals surface area contributed by atoms with E-state index in [-0.39, 0.29) is 11.8 Å². The number of amides is 2. The molecule has 0 atom stereocenters. The number of carbonyl (C=O) groups is 1. The predicted octanol–water partition coefficient (Wildman–Crippen LogP) is 4.50. The summed E-state index contributed by atoms with van der Waals surface area (Å²) in [6, 6.07) is 17.9. The number of carbonyl (C=O) groups excluding carboxylic acids is 1. The number of urea groups is 1. The summed E-state index contributed by atoms with van der Waals surface area (Å²) in [4.78, 5) is 16.9. The fraction of sp³-hybridized carbons (Fsp3) is 0.125. The van der Waals surface area contributed by atoms with Crippen molar-refractivity contribution in [1.29, 1.82) is 0 Å². The lowest BCUT2D eigenvalue weighted by molar-refractivity contribution is 0.256. The van der Waals surface area contributed by atoms with E-state index in [0.717, 1.165) is 33.2 Å². The molecular formula is C24H19FN6O. The number of benzene rings is 3. The van der Waals surface area contributed by atoms with Crippen molar-refractivity contribution in [2.24, 2.45) is 7.05 Å². The molecular weight excluding hydrogens is 407 g/mol. The maximum Gasteiger partial charge on any atom is 0.329 e. The molecule has 0 bridgehead atoms. The van der Waals surface area contributed by atoms with Crippen molar-refractivity contribution in [3.05, 3.63) is 78.9 Å². The largest absolute Gasteiger partial charge is 0.329 e. The Labute approximate surface area is 182 Å². The number of anilines is 2. The second kappa shape index (κ2) is 6.91. The number of aromatic nitrogens is 4. The van der Waals surface area contributed by atoms with Gasteiger partial charge in [0.15, 0.2) is 0 Å². The maximum absolute atomic E-state index is 14.4. The molecule has 7 nitrogen and oxygen atoms in total. The van der Waals surface area contributed by atoms with Gasteiger partial charge in [0, 0.05) is 42.8 Å². The van der Waals surface area contributed by atoms with E-state index in [1.54, 1.807) is 43.6 Å². The molecule has 0 aliphatic carbocycles. The van der Waals surface area contributed by atoms with Crippen LogP contribution in [0.25, 0.3) is 27.5 Å². The van der Waals surface area contributed by atoms with Crippen LogP contribution >= 0.6 is 0 Å². The first-order valence-electron chi connectivity index (χ1n) is 10.3. The Morgan fingerprint density at radius 1 is 0.938 bits per heavy atom. The van der Waals surface area contributed by atoms with Crippen LogP contribution in [0.1, 0.15) is 0 Å². The van der Waals surface area contributed by atoms with E-state index in [0.29, 0.717) is 18.8 Å². The van der Waals surface area contributed by atoms with E-state index < -0.39 is 0 Å². The van der Waals surface area contributed by atoms with Crippen LogP contribution in [0.4, 0.5) is 20.6 Å². The normalized spacial score (nSPS) is 14.2. The summed E-state index contributed by atoms with van der Waals surface area (Å²) in [6.07, 6.45) is 3.63. The lowest BCUT2D eigenvalue weighted by Gasteiger charge is -2.19. The number of aryl methyl sites for hydroxylation is 1. The quantitative estimate of drug-likeness (QED) is 0.427. The Kier molecular flexibility index (Phi) is 4.01. The van der Waals surface area contributed by atoms with Gasteiger partial charge >= 0.3 is 6.03 Å². The van der Waals surface area contributed by atoms with Crippen molar-refractivity contribution in [2.75, 3.05) is 22.9 Å². The van der Waals surface area contributed by atoms with Crippen molar-refractivity contribution >= 4 is 39.2 Å². The smallest absolute Gasteiger partial charge is 0.292 e. The number of hydrogen-bond donors (Lipinski definition) is 0. The molecule has 1 fully saturated rings. The molecule has 1 aliphatic heterocycles. The highest BCUT2D eigenvalue weighted by atomic mass is 19.1. The molecule has 0 unspecified atom stereocenters. The van der Waals surface area contributed by atoms with E-state index in [1.807, 2.05) is 49.6 Å². The maximum atomic E-state index is 14.4. The van der Waals surface area contributed by atoms with Crippen LogP contribution in [0.2, 0.25) is 0 Å². The summed E-state index contributed by atoms with van der Waals surface area (Å²) < 4.78 is 17.7. The minimum atomic E-state index is -0.350. The summed E-state index contributed by atoms with van der Waals surface area (Å²) in [5, 5.41) is 10.6. The molecule has 3 aromatic carbocycles. The molecule has 1 aliphatic rings. The van der Waals surface area contributed by atoms with Crippen LogP contribution in [-0.4, -0.2) is 38.7 Å². The average Bonchev–Trinajstić information content (AvgIpc) is 3.49. The number of fused-ring (bicyclic) bond motifs is 2. The molecule has 0 spiro atoms. The van der Waals surface area contributed by atoms with E-state index in [9.17, 15) is 9.18 Å². The molecule has 0 radical (unpaired) electrons. The molecule has 2 amide bonds. The van der Waals surface area contributed by atoms with Crippen LogP contribution in [0, 0.1) is 5.82 Å². The molecule has 8 heteroatoms. The third-order valence-corrected chi connectivity index (χ3v) is 5.89. The first-order chi connectivity index (χ1) is 15.6. The molecule has 0 N–H and O–H groups in total. The Bertz CT molecular complexity index is 1500. The van der Waals surface area contributed by atoms with Crippen molar-refractivity contribution in [3.63, 3.8) is 0 Å². The van der Waals surface area contributed by atoms with E-state index >= 15 is 0 Å². The molecule has 2 aromatic heterocycles. The Balaban J connectivity index is 1.38. The molecule has 5 aromatic rings. The number of hydrogen-bond acceptors (Lipinski definition) is 3. The van der Waals surface area contributed by atoms with Crippen LogP contribution in [0.15, 0.2) is 73.1 Å². The van der Waals surface area contributed by atoms with Crippen molar-refractivity contribution in [1.82, 2.24) is 19.6 Å². The topological polar surface area (TPSA) is 59.2 Å². The molecule has 158 valence electrons. The lowest BCUT2D eigenvalue weighted by atomic mass is 10.2. The molecule has 1 saturated heterocycles. The number of para-hydroxylation sites is 1. The zero-order chi connectivity index (χ0) is 21.8. The highest BCUT2D eigenvalue weighted by Gasteiger charge is 2.32.